The number of halogens is 3. The highest BCUT2D eigenvalue weighted by molar-refractivity contribution is 7.86. The second-order valence-electron chi connectivity index (χ2n) is 3.69. The molecule has 0 saturated carbocycles. The van der Waals surface area contributed by atoms with Crippen LogP contribution in [0.4, 0.5) is 13.2 Å². The van der Waals surface area contributed by atoms with E-state index in [9.17, 15) is 26.4 Å². The number of carbonyl (C=O) groups is 1. The predicted octanol–water partition coefficient (Wildman–Crippen LogP) is 0.385. The lowest BCUT2D eigenvalue weighted by Crippen LogP contribution is -2.40. The predicted molar refractivity (Wildman–Crippen MR) is 51.3 cm³/mol. The Balaban J connectivity index is 2.36. The summed E-state index contributed by atoms with van der Waals surface area (Å²) < 4.78 is 76.0. The maximum Gasteiger partial charge on any atom is 0.400 e. The summed E-state index contributed by atoms with van der Waals surface area (Å²) in [6.45, 7) is -0.403. The van der Waals surface area contributed by atoms with Gasteiger partial charge in [-0.15, -0.1) is 0 Å². The van der Waals surface area contributed by atoms with Gasteiger partial charge in [-0.3, -0.25) is 9.35 Å². The molecule has 18 heavy (non-hydrogen) atoms. The Morgan fingerprint density at radius 3 is 2.44 bits per heavy atom. The zero-order valence-electron chi connectivity index (χ0n) is 9.01. The third-order valence-electron chi connectivity index (χ3n) is 2.30. The van der Waals surface area contributed by atoms with E-state index >= 15 is 0 Å². The van der Waals surface area contributed by atoms with Crippen molar-refractivity contribution in [3.8, 4) is 0 Å². The van der Waals surface area contributed by atoms with Gasteiger partial charge in [-0.2, -0.15) is 17.2 Å². The fourth-order valence-electron chi connectivity index (χ4n) is 1.08. The number of carbonyl (C=O) groups excluding carboxylic acids is 1. The van der Waals surface area contributed by atoms with Gasteiger partial charge in [0.05, 0.1) is 19.8 Å². The molecular formula is C8H11F3O6S. The standard InChI is InChI=1S/C8H11F3O6S/c9-6(8(10,11)18(13,14)15)1-2-17-7(12)5-3-16-4-5/h5-6H,1-4H2,(H,13,14,15). The summed E-state index contributed by atoms with van der Waals surface area (Å²) >= 11 is 0. The first-order valence-electron chi connectivity index (χ1n) is 4.89. The van der Waals surface area contributed by atoms with Crippen LogP contribution in [0, 0.1) is 5.92 Å². The smallest absolute Gasteiger partial charge is 0.400 e. The molecule has 0 aromatic heterocycles. The van der Waals surface area contributed by atoms with E-state index in [-0.39, 0.29) is 13.2 Å². The van der Waals surface area contributed by atoms with Crippen LogP contribution in [0.15, 0.2) is 0 Å². The second kappa shape index (κ2) is 5.41. The molecule has 1 saturated heterocycles. The third kappa shape index (κ3) is 3.33. The van der Waals surface area contributed by atoms with E-state index in [1.165, 1.54) is 0 Å². The highest BCUT2D eigenvalue weighted by Crippen LogP contribution is 2.29. The van der Waals surface area contributed by atoms with Gasteiger partial charge in [-0.25, -0.2) is 4.39 Å². The van der Waals surface area contributed by atoms with Gasteiger partial charge >= 0.3 is 21.3 Å². The maximum absolute atomic E-state index is 12.9. The lowest BCUT2D eigenvalue weighted by Gasteiger charge is -2.24. The van der Waals surface area contributed by atoms with Gasteiger partial charge in [0, 0.05) is 6.42 Å². The second-order valence-corrected chi connectivity index (χ2v) is 5.19. The zero-order valence-corrected chi connectivity index (χ0v) is 9.83. The molecule has 0 amide bonds. The van der Waals surface area contributed by atoms with Crippen molar-refractivity contribution in [1.29, 1.82) is 0 Å². The van der Waals surface area contributed by atoms with Gasteiger partial charge in [-0.1, -0.05) is 0 Å². The maximum atomic E-state index is 12.9. The molecule has 1 fully saturated rings. The van der Waals surface area contributed by atoms with Crippen molar-refractivity contribution in [2.45, 2.75) is 17.8 Å². The summed E-state index contributed by atoms with van der Waals surface area (Å²) in [5, 5.41) is -4.92. The summed E-state index contributed by atoms with van der Waals surface area (Å²) in [6, 6.07) is 0. The van der Waals surface area contributed by atoms with Crippen LogP contribution in [-0.4, -0.2) is 50.2 Å². The van der Waals surface area contributed by atoms with Gasteiger partial charge in [0.15, 0.2) is 6.17 Å². The third-order valence-corrected chi connectivity index (χ3v) is 3.24. The normalized spacial score (nSPS) is 19.1. The monoisotopic (exact) mass is 292 g/mol. The molecule has 1 unspecified atom stereocenters. The lowest BCUT2D eigenvalue weighted by molar-refractivity contribution is -0.164. The molecule has 0 aromatic rings. The van der Waals surface area contributed by atoms with E-state index in [2.05, 4.69) is 9.47 Å². The van der Waals surface area contributed by atoms with E-state index in [1.807, 2.05) is 0 Å². The lowest BCUT2D eigenvalue weighted by atomic mass is 10.1. The molecule has 6 nitrogen and oxygen atoms in total. The number of ether oxygens (including phenoxy) is 2. The highest BCUT2D eigenvalue weighted by atomic mass is 32.2. The summed E-state index contributed by atoms with van der Waals surface area (Å²) in [4.78, 5) is 11.1. The van der Waals surface area contributed by atoms with Crippen molar-refractivity contribution in [3.63, 3.8) is 0 Å². The molecule has 0 aromatic carbocycles. The number of hydrogen-bond acceptors (Lipinski definition) is 5. The van der Waals surface area contributed by atoms with Crippen molar-refractivity contribution in [2.75, 3.05) is 19.8 Å². The van der Waals surface area contributed by atoms with Gasteiger partial charge in [0.25, 0.3) is 0 Å². The Morgan fingerprint density at radius 2 is 2.06 bits per heavy atom. The van der Waals surface area contributed by atoms with Crippen LogP contribution >= 0.6 is 0 Å². The summed E-state index contributed by atoms with van der Waals surface area (Å²) in [5.41, 5.74) is 0. The Bertz CT molecular complexity index is 405. The van der Waals surface area contributed by atoms with Crippen LogP contribution < -0.4 is 0 Å². The van der Waals surface area contributed by atoms with E-state index < -0.39 is 46.5 Å². The first-order valence-corrected chi connectivity index (χ1v) is 6.33. The molecule has 0 radical (unpaired) electrons. The van der Waals surface area contributed by atoms with Crippen molar-refractivity contribution in [3.05, 3.63) is 0 Å². The molecule has 0 aliphatic carbocycles. The Kier molecular flexibility index (Phi) is 4.56. The molecule has 1 atom stereocenters. The fourth-order valence-corrected chi connectivity index (χ4v) is 1.52. The summed E-state index contributed by atoms with van der Waals surface area (Å²) in [7, 11) is -5.83. The highest BCUT2D eigenvalue weighted by Gasteiger charge is 2.52. The molecule has 106 valence electrons. The van der Waals surface area contributed by atoms with Crippen LogP contribution in [0.3, 0.4) is 0 Å². The van der Waals surface area contributed by atoms with Crippen molar-refractivity contribution < 1.29 is 40.4 Å². The molecule has 1 aliphatic rings. The Morgan fingerprint density at radius 1 is 1.50 bits per heavy atom. The van der Waals surface area contributed by atoms with Crippen LogP contribution in [0.25, 0.3) is 0 Å². The molecule has 0 spiro atoms. The molecule has 1 aliphatic heterocycles. The number of rotatable bonds is 6. The van der Waals surface area contributed by atoms with Gasteiger partial charge < -0.3 is 9.47 Å². The van der Waals surface area contributed by atoms with Gasteiger partial charge in [0.1, 0.15) is 5.92 Å². The minimum Gasteiger partial charge on any atom is -0.465 e. The first kappa shape index (κ1) is 15.2. The van der Waals surface area contributed by atoms with Gasteiger partial charge in [-0.05, 0) is 0 Å². The Hall–Kier alpha value is -0.870. The first-order chi connectivity index (χ1) is 8.16. The van der Waals surface area contributed by atoms with Crippen molar-refractivity contribution >= 4 is 16.1 Å². The average Bonchev–Trinajstić information content (AvgIpc) is 2.12. The molecule has 1 rings (SSSR count). The largest absolute Gasteiger partial charge is 0.465 e. The average molecular weight is 292 g/mol. The minimum atomic E-state index is -5.83. The number of alkyl halides is 3. The van der Waals surface area contributed by atoms with E-state index in [0.29, 0.717) is 0 Å². The number of esters is 1. The van der Waals surface area contributed by atoms with Crippen LogP contribution in [-0.2, 0) is 24.4 Å². The van der Waals surface area contributed by atoms with E-state index in [4.69, 9.17) is 4.55 Å². The van der Waals surface area contributed by atoms with Crippen molar-refractivity contribution in [2.24, 2.45) is 5.92 Å². The zero-order chi connectivity index (χ0) is 14.0. The Labute approximate surface area is 101 Å². The SMILES string of the molecule is O=C(OCCC(F)C(F)(F)S(=O)(=O)O)C1COC1. The quantitative estimate of drug-likeness (QED) is 0.562. The minimum absolute atomic E-state index is 0.152. The molecular weight excluding hydrogens is 281 g/mol. The fraction of sp³-hybridized carbons (Fsp3) is 0.875. The van der Waals surface area contributed by atoms with Crippen LogP contribution in [0.2, 0.25) is 0 Å². The van der Waals surface area contributed by atoms with Crippen LogP contribution in [0.1, 0.15) is 6.42 Å². The molecule has 0 bridgehead atoms. The van der Waals surface area contributed by atoms with E-state index in [1.54, 1.807) is 0 Å². The molecule has 10 heteroatoms. The number of hydrogen-bond donors (Lipinski definition) is 1. The summed E-state index contributed by atoms with van der Waals surface area (Å²) in [6.07, 6.45) is -4.19. The van der Waals surface area contributed by atoms with Crippen LogP contribution in [0.5, 0.6) is 0 Å². The summed E-state index contributed by atoms with van der Waals surface area (Å²) in [5.74, 6) is -1.21. The molecule has 1 N–H and O–H groups in total. The van der Waals surface area contributed by atoms with Gasteiger partial charge in [0.2, 0.25) is 0 Å². The topological polar surface area (TPSA) is 89.9 Å². The van der Waals surface area contributed by atoms with Crippen molar-refractivity contribution in [1.82, 2.24) is 0 Å². The van der Waals surface area contributed by atoms with E-state index in [0.717, 1.165) is 0 Å². The molecule has 1 heterocycles.